The third-order valence-corrected chi connectivity index (χ3v) is 5.26. The summed E-state index contributed by atoms with van der Waals surface area (Å²) in [5, 5.41) is 23.1. The topological polar surface area (TPSA) is 126 Å². The molecule has 9 nitrogen and oxygen atoms in total. The molecule has 3 aromatic rings. The van der Waals surface area contributed by atoms with Gasteiger partial charge in [-0.25, -0.2) is 4.68 Å². The monoisotopic (exact) mass is 473 g/mol. The lowest BCUT2D eigenvalue weighted by molar-refractivity contribution is 0.0933. The molecule has 9 heteroatoms. The van der Waals surface area contributed by atoms with Gasteiger partial charge in [0.15, 0.2) is 5.69 Å². The molecule has 2 amide bonds. The minimum absolute atomic E-state index is 0.0613. The maximum Gasteiger partial charge on any atom is 0.273 e. The summed E-state index contributed by atoms with van der Waals surface area (Å²) < 4.78 is 1.43. The Hall–Kier alpha value is -4.06. The van der Waals surface area contributed by atoms with Gasteiger partial charge >= 0.3 is 0 Å². The van der Waals surface area contributed by atoms with Crippen molar-refractivity contribution in [1.82, 2.24) is 25.3 Å². The highest BCUT2D eigenvalue weighted by molar-refractivity contribution is 6.04. The molecule has 182 valence electrons. The number of nitrogens with one attached hydrogen (secondary N) is 2. The molecule has 2 N–H and O–H groups in total. The predicted octanol–water partition coefficient (Wildman–Crippen LogP) is 4.17. The van der Waals surface area contributed by atoms with Crippen LogP contribution in [0.5, 0.6) is 0 Å². The van der Waals surface area contributed by atoms with Crippen molar-refractivity contribution < 1.29 is 9.59 Å². The molecule has 0 saturated heterocycles. The van der Waals surface area contributed by atoms with Crippen LogP contribution in [-0.4, -0.2) is 38.3 Å². The molecule has 35 heavy (non-hydrogen) atoms. The molecule has 3 rings (SSSR count). The van der Waals surface area contributed by atoms with Crippen LogP contribution in [0.4, 0.5) is 5.69 Å². The molecule has 0 aliphatic carbocycles. The fraction of sp³-hybridized carbons (Fsp3) is 0.385. The van der Waals surface area contributed by atoms with E-state index in [2.05, 4.69) is 32.0 Å². The fourth-order valence-electron chi connectivity index (χ4n) is 3.20. The van der Waals surface area contributed by atoms with Gasteiger partial charge in [-0.1, -0.05) is 46.8 Å². The summed E-state index contributed by atoms with van der Waals surface area (Å²) in [7, 11) is 0. The number of nitriles is 1. The van der Waals surface area contributed by atoms with Gasteiger partial charge in [-0.05, 0) is 47.6 Å². The Morgan fingerprint density at radius 2 is 1.77 bits per heavy atom. The van der Waals surface area contributed by atoms with Crippen LogP contribution in [0.3, 0.4) is 0 Å². The zero-order chi connectivity index (χ0) is 26.0. The van der Waals surface area contributed by atoms with E-state index in [1.807, 2.05) is 53.7 Å². The number of aromatic nitrogens is 4. The maximum absolute atomic E-state index is 13.0. The zero-order valence-corrected chi connectivity index (χ0v) is 21.2. The third-order valence-electron chi connectivity index (χ3n) is 5.26. The van der Waals surface area contributed by atoms with E-state index in [0.717, 1.165) is 5.56 Å². The number of pyridine rings is 1. The Morgan fingerprint density at radius 1 is 1.06 bits per heavy atom. The second-order valence-electron chi connectivity index (χ2n) is 10.7. The highest BCUT2D eigenvalue weighted by Crippen LogP contribution is 2.27. The van der Waals surface area contributed by atoms with Gasteiger partial charge in [0.2, 0.25) is 0 Å². The lowest BCUT2D eigenvalue weighted by atomic mass is 9.86. The molecule has 0 radical (unpaired) electrons. The van der Waals surface area contributed by atoms with Gasteiger partial charge in [-0.15, -0.1) is 5.10 Å². The largest absolute Gasteiger partial charge is 0.350 e. The molecular weight excluding hydrogens is 442 g/mol. The van der Waals surface area contributed by atoms with Gasteiger partial charge in [0.1, 0.15) is 0 Å². The number of benzene rings is 1. The van der Waals surface area contributed by atoms with Crippen molar-refractivity contribution in [3.8, 4) is 11.8 Å². The van der Waals surface area contributed by atoms with Crippen LogP contribution in [0.2, 0.25) is 0 Å². The van der Waals surface area contributed by atoms with Crippen LogP contribution in [0.25, 0.3) is 5.69 Å². The average Bonchev–Trinajstić information content (AvgIpc) is 3.26. The highest BCUT2D eigenvalue weighted by Gasteiger charge is 2.19. The normalized spacial score (nSPS) is 11.6. The van der Waals surface area contributed by atoms with Crippen molar-refractivity contribution in [2.75, 3.05) is 11.9 Å². The van der Waals surface area contributed by atoms with E-state index in [-0.39, 0.29) is 28.3 Å². The minimum atomic E-state index is -0.378. The molecule has 0 saturated carbocycles. The van der Waals surface area contributed by atoms with E-state index in [9.17, 15) is 14.9 Å². The summed E-state index contributed by atoms with van der Waals surface area (Å²) in [5.74, 6) is -0.699. The van der Waals surface area contributed by atoms with Crippen LogP contribution in [0.15, 0.2) is 36.7 Å². The Morgan fingerprint density at radius 3 is 2.40 bits per heavy atom. The smallest absolute Gasteiger partial charge is 0.273 e. The van der Waals surface area contributed by atoms with Crippen molar-refractivity contribution in [1.29, 1.82) is 5.26 Å². The molecule has 0 bridgehead atoms. The summed E-state index contributed by atoms with van der Waals surface area (Å²) in [5.41, 5.74) is 3.31. The molecule has 0 unspecified atom stereocenters. The van der Waals surface area contributed by atoms with Crippen LogP contribution in [0.1, 0.15) is 79.2 Å². The molecule has 0 aliphatic heterocycles. The predicted molar refractivity (Wildman–Crippen MR) is 133 cm³/mol. The molecule has 0 aliphatic rings. The molecule has 0 atom stereocenters. The lowest BCUT2D eigenvalue weighted by Crippen LogP contribution is -2.32. The summed E-state index contributed by atoms with van der Waals surface area (Å²) >= 11 is 0. The third kappa shape index (κ3) is 6.51. The standard InChI is InChI=1S/C26H31N7O2/c1-16-22(33-14-21(31-32-33)24(35)29-15-25(2,3)4)10-18(13-28-16)23(34)30-20-9-17(12-27)8-19(11-20)26(5,6)7/h8-11,13-14H,15H2,1-7H3,(H,29,35)(H,30,34). The Bertz CT molecular complexity index is 1300. The number of hydrogen-bond acceptors (Lipinski definition) is 6. The summed E-state index contributed by atoms with van der Waals surface area (Å²) in [4.78, 5) is 29.8. The quantitative estimate of drug-likeness (QED) is 0.573. The van der Waals surface area contributed by atoms with Crippen molar-refractivity contribution in [2.24, 2.45) is 5.41 Å². The van der Waals surface area contributed by atoms with Crippen molar-refractivity contribution >= 4 is 17.5 Å². The van der Waals surface area contributed by atoms with Crippen molar-refractivity contribution in [3.63, 3.8) is 0 Å². The molecule has 2 aromatic heterocycles. The van der Waals surface area contributed by atoms with Gasteiger partial charge < -0.3 is 10.6 Å². The fourth-order valence-corrected chi connectivity index (χ4v) is 3.20. The first-order chi connectivity index (χ1) is 16.3. The number of carbonyl (C=O) groups excluding carboxylic acids is 2. The number of nitrogens with zero attached hydrogens (tertiary/aromatic N) is 5. The van der Waals surface area contributed by atoms with E-state index in [0.29, 0.717) is 34.7 Å². The Labute approximate surface area is 205 Å². The molecule has 0 fully saturated rings. The van der Waals surface area contributed by atoms with Crippen LogP contribution >= 0.6 is 0 Å². The average molecular weight is 474 g/mol. The maximum atomic E-state index is 13.0. The van der Waals surface area contributed by atoms with E-state index >= 15 is 0 Å². The Kier molecular flexibility index (Phi) is 7.06. The summed E-state index contributed by atoms with van der Waals surface area (Å²) in [6.07, 6.45) is 2.98. The van der Waals surface area contributed by atoms with Gasteiger partial charge in [-0.3, -0.25) is 14.6 Å². The second-order valence-corrected chi connectivity index (χ2v) is 10.7. The van der Waals surface area contributed by atoms with Crippen LogP contribution in [-0.2, 0) is 5.41 Å². The molecule has 0 spiro atoms. The number of hydrogen-bond donors (Lipinski definition) is 2. The first-order valence-electron chi connectivity index (χ1n) is 11.3. The lowest BCUT2D eigenvalue weighted by Gasteiger charge is -2.20. The summed E-state index contributed by atoms with van der Waals surface area (Å²) in [6, 6.07) is 9.10. The minimum Gasteiger partial charge on any atom is -0.350 e. The van der Waals surface area contributed by atoms with E-state index < -0.39 is 0 Å². The van der Waals surface area contributed by atoms with Gasteiger partial charge in [0.25, 0.3) is 11.8 Å². The number of anilines is 1. The number of aryl methyl sites for hydroxylation is 1. The highest BCUT2D eigenvalue weighted by atomic mass is 16.2. The second kappa shape index (κ2) is 9.66. The van der Waals surface area contributed by atoms with Crippen LogP contribution < -0.4 is 10.6 Å². The van der Waals surface area contributed by atoms with Gasteiger partial charge in [0, 0.05) is 18.4 Å². The van der Waals surface area contributed by atoms with E-state index in [1.165, 1.54) is 17.1 Å². The first kappa shape index (κ1) is 25.6. The first-order valence-corrected chi connectivity index (χ1v) is 11.3. The molecule has 2 heterocycles. The molecular formula is C26H31N7O2. The van der Waals surface area contributed by atoms with Gasteiger partial charge in [-0.2, -0.15) is 5.26 Å². The zero-order valence-electron chi connectivity index (χ0n) is 21.2. The van der Waals surface area contributed by atoms with Crippen LogP contribution in [0, 0.1) is 23.7 Å². The number of rotatable bonds is 5. The van der Waals surface area contributed by atoms with E-state index in [4.69, 9.17) is 0 Å². The Balaban J connectivity index is 1.84. The van der Waals surface area contributed by atoms with Crippen molar-refractivity contribution in [2.45, 2.75) is 53.9 Å². The molecule has 1 aromatic carbocycles. The SMILES string of the molecule is Cc1ncc(C(=O)Nc2cc(C#N)cc(C(C)(C)C)c2)cc1-n1cc(C(=O)NCC(C)(C)C)nn1. The van der Waals surface area contributed by atoms with Crippen molar-refractivity contribution in [3.05, 3.63) is 64.7 Å². The number of amides is 2. The summed E-state index contributed by atoms with van der Waals surface area (Å²) in [6.45, 7) is 14.5. The van der Waals surface area contributed by atoms with Gasteiger partial charge in [0.05, 0.1) is 34.8 Å². The van der Waals surface area contributed by atoms with E-state index in [1.54, 1.807) is 19.1 Å². The number of carbonyl (C=O) groups is 2.